The zero-order chi connectivity index (χ0) is 24.4. The van der Waals surface area contributed by atoms with Crippen molar-refractivity contribution < 1.29 is 4.79 Å². The van der Waals surface area contributed by atoms with Crippen LogP contribution in [0.15, 0.2) is 61.1 Å². The molecule has 180 valence electrons. The SMILES string of the molecule is CC1CN(c2ccc(Nc3ncc4ccn(Cc5cccnc5C(=O)N(C)C)c4n3)cc2)CCN1. The number of hydrogen-bond donors (Lipinski definition) is 2. The Balaban J connectivity index is 1.35. The number of nitrogens with zero attached hydrogens (tertiary/aromatic N) is 6. The second-order valence-electron chi connectivity index (χ2n) is 9.10. The van der Waals surface area contributed by atoms with Gasteiger partial charge in [0.25, 0.3) is 5.91 Å². The van der Waals surface area contributed by atoms with Crippen LogP contribution < -0.4 is 15.5 Å². The number of pyridine rings is 1. The number of carbonyl (C=O) groups excluding carboxylic acids is 1. The van der Waals surface area contributed by atoms with Gasteiger partial charge in [0.15, 0.2) is 0 Å². The quantitative estimate of drug-likeness (QED) is 0.447. The maximum Gasteiger partial charge on any atom is 0.272 e. The molecule has 5 rings (SSSR count). The summed E-state index contributed by atoms with van der Waals surface area (Å²) in [5.74, 6) is 0.407. The average molecular weight is 471 g/mol. The van der Waals surface area contributed by atoms with Crippen LogP contribution in [-0.2, 0) is 6.54 Å². The molecule has 9 heteroatoms. The Morgan fingerprint density at radius 2 is 2.00 bits per heavy atom. The Bertz CT molecular complexity index is 1330. The van der Waals surface area contributed by atoms with Gasteiger partial charge in [-0.2, -0.15) is 4.98 Å². The van der Waals surface area contributed by atoms with Crippen LogP contribution in [0.1, 0.15) is 23.0 Å². The van der Waals surface area contributed by atoms with Crippen LogP contribution in [0.4, 0.5) is 17.3 Å². The molecule has 0 spiro atoms. The second kappa shape index (κ2) is 9.71. The van der Waals surface area contributed by atoms with Crippen LogP contribution >= 0.6 is 0 Å². The van der Waals surface area contributed by atoms with Gasteiger partial charge >= 0.3 is 0 Å². The van der Waals surface area contributed by atoms with Crippen LogP contribution in [0, 0.1) is 0 Å². The molecule has 4 heterocycles. The van der Waals surface area contributed by atoms with Crippen molar-refractivity contribution in [2.75, 3.05) is 43.9 Å². The molecule has 3 aromatic heterocycles. The lowest BCUT2D eigenvalue weighted by molar-refractivity contribution is 0.0820. The van der Waals surface area contributed by atoms with Crippen LogP contribution in [-0.4, -0.2) is 70.1 Å². The molecular weight excluding hydrogens is 440 g/mol. The van der Waals surface area contributed by atoms with Gasteiger partial charge in [0.2, 0.25) is 5.95 Å². The summed E-state index contributed by atoms with van der Waals surface area (Å²) in [5, 5.41) is 7.73. The predicted octanol–water partition coefficient (Wildman–Crippen LogP) is 3.12. The van der Waals surface area contributed by atoms with E-state index in [0.717, 1.165) is 41.9 Å². The number of hydrogen-bond acceptors (Lipinski definition) is 7. The van der Waals surface area contributed by atoms with E-state index >= 15 is 0 Å². The highest BCUT2D eigenvalue weighted by molar-refractivity contribution is 5.93. The van der Waals surface area contributed by atoms with E-state index in [1.165, 1.54) is 10.6 Å². The van der Waals surface area contributed by atoms with Crippen LogP contribution in [0.3, 0.4) is 0 Å². The van der Waals surface area contributed by atoms with E-state index in [1.54, 1.807) is 20.3 Å². The monoisotopic (exact) mass is 470 g/mol. The number of fused-ring (bicyclic) bond motifs is 1. The first-order valence-corrected chi connectivity index (χ1v) is 11.8. The molecule has 1 saturated heterocycles. The number of anilines is 3. The lowest BCUT2D eigenvalue weighted by Gasteiger charge is -2.33. The molecule has 1 fully saturated rings. The van der Waals surface area contributed by atoms with E-state index < -0.39 is 0 Å². The second-order valence-corrected chi connectivity index (χ2v) is 9.10. The van der Waals surface area contributed by atoms with Crippen molar-refractivity contribution in [3.63, 3.8) is 0 Å². The third-order valence-electron chi connectivity index (χ3n) is 6.20. The highest BCUT2D eigenvalue weighted by atomic mass is 16.2. The van der Waals surface area contributed by atoms with E-state index in [2.05, 4.69) is 56.7 Å². The summed E-state index contributed by atoms with van der Waals surface area (Å²) in [6, 6.07) is 14.6. The summed E-state index contributed by atoms with van der Waals surface area (Å²) in [4.78, 5) is 30.1. The third-order valence-corrected chi connectivity index (χ3v) is 6.20. The van der Waals surface area contributed by atoms with Crippen molar-refractivity contribution in [2.45, 2.75) is 19.5 Å². The first-order chi connectivity index (χ1) is 17.0. The van der Waals surface area contributed by atoms with Crippen LogP contribution in [0.25, 0.3) is 11.0 Å². The lowest BCUT2D eigenvalue weighted by Crippen LogP contribution is -2.49. The van der Waals surface area contributed by atoms with Gasteiger partial charge in [-0.15, -0.1) is 0 Å². The summed E-state index contributed by atoms with van der Waals surface area (Å²) in [6.45, 7) is 5.70. The fourth-order valence-corrected chi connectivity index (χ4v) is 4.36. The van der Waals surface area contributed by atoms with Crippen molar-refractivity contribution in [3.8, 4) is 0 Å². The maximum absolute atomic E-state index is 12.6. The van der Waals surface area contributed by atoms with Crippen molar-refractivity contribution >= 4 is 34.3 Å². The first kappa shape index (κ1) is 22.8. The summed E-state index contributed by atoms with van der Waals surface area (Å²) >= 11 is 0. The minimum absolute atomic E-state index is 0.118. The van der Waals surface area contributed by atoms with Crippen LogP contribution in [0.2, 0.25) is 0 Å². The van der Waals surface area contributed by atoms with Crippen molar-refractivity contribution in [2.24, 2.45) is 0 Å². The van der Waals surface area contributed by atoms with Gasteiger partial charge in [-0.05, 0) is 43.3 Å². The Morgan fingerprint density at radius 1 is 1.17 bits per heavy atom. The number of amides is 1. The van der Waals surface area contributed by atoms with Gasteiger partial charge < -0.3 is 25.0 Å². The largest absolute Gasteiger partial charge is 0.369 e. The molecule has 0 radical (unpaired) electrons. The summed E-state index contributed by atoms with van der Waals surface area (Å²) < 4.78 is 2.01. The molecule has 9 nitrogen and oxygen atoms in total. The van der Waals surface area contributed by atoms with Crippen LogP contribution in [0.5, 0.6) is 0 Å². The van der Waals surface area contributed by atoms with Gasteiger partial charge in [0, 0.05) is 80.7 Å². The Morgan fingerprint density at radius 3 is 2.77 bits per heavy atom. The number of aromatic nitrogens is 4. The van der Waals surface area contributed by atoms with E-state index in [9.17, 15) is 4.79 Å². The number of rotatable bonds is 6. The van der Waals surface area contributed by atoms with Gasteiger partial charge in [-0.25, -0.2) is 4.98 Å². The molecule has 1 atom stereocenters. The molecule has 0 bridgehead atoms. The Kier molecular flexibility index (Phi) is 6.33. The lowest BCUT2D eigenvalue weighted by atomic mass is 10.1. The molecular formula is C26H30N8O. The molecule has 1 aromatic carbocycles. The number of carbonyl (C=O) groups is 1. The Labute approximate surface area is 204 Å². The van der Waals surface area contributed by atoms with E-state index in [-0.39, 0.29) is 5.91 Å². The minimum atomic E-state index is -0.118. The number of nitrogens with one attached hydrogen (secondary N) is 2. The molecule has 1 aliphatic rings. The fourth-order valence-electron chi connectivity index (χ4n) is 4.36. The molecule has 35 heavy (non-hydrogen) atoms. The van der Waals surface area contributed by atoms with Crippen molar-refractivity contribution in [3.05, 3.63) is 72.3 Å². The standard InChI is InChI=1S/C26H30N8O/c1-18-16-33(14-12-27-18)22-8-6-21(7-9-22)30-26-29-15-19-10-13-34(24(19)31-26)17-20-5-4-11-28-23(20)25(35)32(2)3/h4-11,13,15,18,27H,12,14,16-17H2,1-3H3,(H,29,30,31). The number of benzene rings is 1. The zero-order valence-electron chi connectivity index (χ0n) is 20.3. The first-order valence-electron chi connectivity index (χ1n) is 11.8. The molecule has 1 aliphatic heterocycles. The molecule has 1 amide bonds. The summed E-state index contributed by atoms with van der Waals surface area (Å²) in [7, 11) is 3.46. The van der Waals surface area contributed by atoms with Gasteiger partial charge in [-0.3, -0.25) is 9.78 Å². The zero-order valence-corrected chi connectivity index (χ0v) is 20.3. The third kappa shape index (κ3) is 4.95. The topological polar surface area (TPSA) is 91.2 Å². The molecule has 2 N–H and O–H groups in total. The smallest absolute Gasteiger partial charge is 0.272 e. The van der Waals surface area contributed by atoms with Gasteiger partial charge in [-0.1, -0.05) is 6.07 Å². The van der Waals surface area contributed by atoms with E-state index in [4.69, 9.17) is 4.98 Å². The highest BCUT2D eigenvalue weighted by Gasteiger charge is 2.17. The number of piperazine rings is 1. The molecule has 0 saturated carbocycles. The fraction of sp³-hybridized carbons (Fsp3) is 0.308. The maximum atomic E-state index is 12.6. The van der Waals surface area contributed by atoms with Gasteiger partial charge in [0.05, 0.1) is 6.54 Å². The van der Waals surface area contributed by atoms with Crippen molar-refractivity contribution in [1.29, 1.82) is 0 Å². The molecule has 0 aliphatic carbocycles. The Hall–Kier alpha value is -3.98. The van der Waals surface area contributed by atoms with E-state index in [1.807, 2.05) is 35.2 Å². The average Bonchev–Trinajstić information content (AvgIpc) is 3.26. The summed E-state index contributed by atoms with van der Waals surface area (Å²) in [6.07, 6.45) is 5.42. The molecule has 4 aromatic rings. The van der Waals surface area contributed by atoms with Crippen molar-refractivity contribution in [1.82, 2.24) is 29.7 Å². The molecule has 1 unspecified atom stereocenters. The van der Waals surface area contributed by atoms with Gasteiger partial charge in [0.1, 0.15) is 11.3 Å². The predicted molar refractivity (Wildman–Crippen MR) is 138 cm³/mol. The summed E-state index contributed by atoms with van der Waals surface area (Å²) in [5.41, 5.74) is 4.23. The van der Waals surface area contributed by atoms with E-state index in [0.29, 0.717) is 24.2 Å². The minimum Gasteiger partial charge on any atom is -0.369 e. The highest BCUT2D eigenvalue weighted by Crippen LogP contribution is 2.23. The normalized spacial score (nSPS) is 15.9.